The molecule has 66 valence electrons. The highest BCUT2D eigenvalue weighted by molar-refractivity contribution is 5.19. The summed E-state index contributed by atoms with van der Waals surface area (Å²) in [5.41, 5.74) is 5.45. The molecule has 0 saturated heterocycles. The van der Waals surface area contributed by atoms with Crippen LogP contribution in [0.1, 0.15) is 19.8 Å². The fourth-order valence-corrected chi connectivity index (χ4v) is 1.85. The summed E-state index contributed by atoms with van der Waals surface area (Å²) in [6.45, 7) is 3.21. The van der Waals surface area contributed by atoms with E-state index in [9.17, 15) is 0 Å². The highest BCUT2D eigenvalue weighted by Crippen LogP contribution is 2.33. The summed E-state index contributed by atoms with van der Waals surface area (Å²) in [4.78, 5) is 1.70. The van der Waals surface area contributed by atoms with Crippen LogP contribution in [-0.4, -0.2) is 15.0 Å². The summed E-state index contributed by atoms with van der Waals surface area (Å²) in [6, 6.07) is 0. The first-order valence-electron chi connectivity index (χ1n) is 4.39. The summed E-state index contributed by atoms with van der Waals surface area (Å²) in [6.07, 6.45) is 4.21. The predicted octanol–water partition coefficient (Wildman–Crippen LogP) is 0.906. The zero-order valence-electron chi connectivity index (χ0n) is 7.27. The van der Waals surface area contributed by atoms with E-state index in [0.717, 1.165) is 18.4 Å². The van der Waals surface area contributed by atoms with Crippen molar-refractivity contribution in [3.63, 3.8) is 0 Å². The van der Waals surface area contributed by atoms with Crippen molar-refractivity contribution in [2.75, 3.05) is 5.73 Å². The molecule has 1 fully saturated rings. The average Bonchev–Trinajstić information content (AvgIpc) is 2.33. The molecule has 2 N–H and O–H groups in total. The van der Waals surface area contributed by atoms with Gasteiger partial charge in [0.1, 0.15) is 0 Å². The van der Waals surface area contributed by atoms with Gasteiger partial charge in [0.25, 0.3) is 0 Å². The number of rotatable bonds is 2. The van der Waals surface area contributed by atoms with Gasteiger partial charge >= 0.3 is 0 Å². The molecular weight excluding hydrogens is 152 g/mol. The van der Waals surface area contributed by atoms with Crippen molar-refractivity contribution in [1.82, 2.24) is 15.0 Å². The zero-order valence-corrected chi connectivity index (χ0v) is 7.27. The maximum Gasteiger partial charge on any atom is 0.165 e. The van der Waals surface area contributed by atoms with Gasteiger partial charge in [0.05, 0.1) is 12.7 Å². The monoisotopic (exact) mass is 166 g/mol. The van der Waals surface area contributed by atoms with Crippen LogP contribution in [-0.2, 0) is 6.54 Å². The van der Waals surface area contributed by atoms with Gasteiger partial charge in [-0.1, -0.05) is 6.92 Å². The molecule has 0 spiro atoms. The molecule has 0 amide bonds. The van der Waals surface area contributed by atoms with E-state index in [1.165, 1.54) is 12.8 Å². The first-order chi connectivity index (χ1) is 5.74. The van der Waals surface area contributed by atoms with Crippen LogP contribution in [0.25, 0.3) is 0 Å². The van der Waals surface area contributed by atoms with Gasteiger partial charge in [-0.25, -0.2) is 0 Å². The van der Waals surface area contributed by atoms with Gasteiger partial charge in [0, 0.05) is 0 Å². The molecule has 0 bridgehead atoms. The summed E-state index contributed by atoms with van der Waals surface area (Å²) in [5.74, 6) is 2.18. The van der Waals surface area contributed by atoms with Crippen molar-refractivity contribution in [1.29, 1.82) is 0 Å². The highest BCUT2D eigenvalue weighted by atomic mass is 15.5. The minimum Gasteiger partial charge on any atom is -0.381 e. The van der Waals surface area contributed by atoms with Gasteiger partial charge in [-0.2, -0.15) is 9.90 Å². The zero-order chi connectivity index (χ0) is 8.55. The quantitative estimate of drug-likeness (QED) is 0.710. The summed E-state index contributed by atoms with van der Waals surface area (Å²) < 4.78 is 0. The molecule has 2 rings (SSSR count). The maximum atomic E-state index is 5.45. The van der Waals surface area contributed by atoms with Crippen LogP contribution >= 0.6 is 0 Å². The number of nitrogens with two attached hydrogens (primary N) is 1. The van der Waals surface area contributed by atoms with Crippen LogP contribution in [0.2, 0.25) is 0 Å². The molecule has 1 saturated carbocycles. The average molecular weight is 166 g/mol. The predicted molar refractivity (Wildman–Crippen MR) is 46.3 cm³/mol. The van der Waals surface area contributed by atoms with Crippen LogP contribution in [0.4, 0.5) is 5.82 Å². The number of hydrogen-bond acceptors (Lipinski definition) is 3. The summed E-state index contributed by atoms with van der Waals surface area (Å²) in [7, 11) is 0. The number of nitrogen functional groups attached to an aromatic ring is 1. The van der Waals surface area contributed by atoms with E-state index in [1.54, 1.807) is 11.0 Å². The van der Waals surface area contributed by atoms with Crippen LogP contribution in [0.5, 0.6) is 0 Å². The Morgan fingerprint density at radius 2 is 2.42 bits per heavy atom. The third kappa shape index (κ3) is 1.42. The van der Waals surface area contributed by atoms with E-state index >= 15 is 0 Å². The molecule has 1 aliphatic carbocycles. The lowest BCUT2D eigenvalue weighted by atomic mass is 9.76. The first kappa shape index (κ1) is 7.58. The molecule has 0 atom stereocenters. The van der Waals surface area contributed by atoms with E-state index < -0.39 is 0 Å². The second-order valence-electron chi connectivity index (χ2n) is 3.77. The summed E-state index contributed by atoms with van der Waals surface area (Å²) in [5, 5.41) is 8.08. The smallest absolute Gasteiger partial charge is 0.165 e. The molecule has 1 heterocycles. The second kappa shape index (κ2) is 2.77. The Kier molecular flexibility index (Phi) is 1.75. The number of nitrogens with zero attached hydrogens (tertiary/aromatic N) is 3. The van der Waals surface area contributed by atoms with Gasteiger partial charge in [-0.05, 0) is 24.7 Å². The molecule has 4 nitrogen and oxygen atoms in total. The van der Waals surface area contributed by atoms with Gasteiger partial charge in [-0.15, -0.1) is 5.10 Å². The van der Waals surface area contributed by atoms with Gasteiger partial charge in [0.2, 0.25) is 0 Å². The SMILES string of the molecule is CC1CC(Cn2ncc(N)n2)C1. The van der Waals surface area contributed by atoms with Crippen molar-refractivity contribution in [3.8, 4) is 0 Å². The number of hydrogen-bond donors (Lipinski definition) is 1. The Morgan fingerprint density at radius 3 is 2.92 bits per heavy atom. The topological polar surface area (TPSA) is 56.7 Å². The molecule has 4 heteroatoms. The normalized spacial score (nSPS) is 28.4. The largest absolute Gasteiger partial charge is 0.381 e. The molecule has 0 radical (unpaired) electrons. The molecule has 0 aliphatic heterocycles. The van der Waals surface area contributed by atoms with Gasteiger partial charge < -0.3 is 5.73 Å². The van der Waals surface area contributed by atoms with Gasteiger partial charge in [0.15, 0.2) is 5.82 Å². The molecule has 12 heavy (non-hydrogen) atoms. The number of aromatic nitrogens is 3. The molecular formula is C8H14N4. The molecule has 1 aromatic rings. The van der Waals surface area contributed by atoms with E-state index in [2.05, 4.69) is 17.1 Å². The summed E-state index contributed by atoms with van der Waals surface area (Å²) >= 11 is 0. The Morgan fingerprint density at radius 1 is 1.67 bits per heavy atom. The Hall–Kier alpha value is -1.06. The van der Waals surface area contributed by atoms with Crippen molar-refractivity contribution in [2.45, 2.75) is 26.3 Å². The third-order valence-corrected chi connectivity index (χ3v) is 2.45. The van der Waals surface area contributed by atoms with Crippen LogP contribution in [0.15, 0.2) is 6.20 Å². The standard InChI is InChI=1S/C8H14N4/c1-6-2-7(3-6)5-12-10-4-8(9)11-12/h4,6-7H,2-3,5H2,1H3,(H2,9,11). The third-order valence-electron chi connectivity index (χ3n) is 2.45. The molecule has 0 unspecified atom stereocenters. The minimum absolute atomic E-state index is 0.516. The lowest BCUT2D eigenvalue weighted by molar-refractivity contribution is 0.175. The Balaban J connectivity index is 1.88. The number of anilines is 1. The van der Waals surface area contributed by atoms with Crippen molar-refractivity contribution < 1.29 is 0 Å². The lowest BCUT2D eigenvalue weighted by Crippen LogP contribution is -2.26. The van der Waals surface area contributed by atoms with E-state index in [-0.39, 0.29) is 0 Å². The molecule has 0 aromatic carbocycles. The van der Waals surface area contributed by atoms with Crippen molar-refractivity contribution >= 4 is 5.82 Å². The minimum atomic E-state index is 0.516. The second-order valence-corrected chi connectivity index (χ2v) is 3.77. The van der Waals surface area contributed by atoms with E-state index in [1.807, 2.05) is 0 Å². The fraction of sp³-hybridized carbons (Fsp3) is 0.750. The Bertz CT molecular complexity index is 262. The van der Waals surface area contributed by atoms with Crippen LogP contribution in [0.3, 0.4) is 0 Å². The van der Waals surface area contributed by atoms with E-state index in [4.69, 9.17) is 5.73 Å². The fourth-order valence-electron chi connectivity index (χ4n) is 1.85. The molecule has 1 aliphatic rings. The Labute approximate surface area is 71.8 Å². The maximum absolute atomic E-state index is 5.45. The molecule has 1 aromatic heterocycles. The van der Waals surface area contributed by atoms with E-state index in [0.29, 0.717) is 5.82 Å². The van der Waals surface area contributed by atoms with Crippen molar-refractivity contribution in [3.05, 3.63) is 6.20 Å². The van der Waals surface area contributed by atoms with Crippen molar-refractivity contribution in [2.24, 2.45) is 11.8 Å². The highest BCUT2D eigenvalue weighted by Gasteiger charge is 2.25. The van der Waals surface area contributed by atoms with Crippen LogP contribution < -0.4 is 5.73 Å². The van der Waals surface area contributed by atoms with Crippen LogP contribution in [0, 0.1) is 11.8 Å². The van der Waals surface area contributed by atoms with Gasteiger partial charge in [-0.3, -0.25) is 0 Å². The first-order valence-corrected chi connectivity index (χ1v) is 4.39. The lowest BCUT2D eigenvalue weighted by Gasteiger charge is -2.31.